The molecule has 2 aliphatic rings. The standard InChI is InChI=1S/C18H27NO/c1-2-13-19-16-14-17(18(16)11-7-4-8-12-18)20-15-9-5-3-6-10-15/h3,5-6,9-10,16-17,19H,2,4,7-8,11-14H2,1H3. The van der Waals surface area contributed by atoms with Gasteiger partial charge >= 0.3 is 0 Å². The van der Waals surface area contributed by atoms with Crippen LogP contribution in [0.15, 0.2) is 30.3 Å². The fourth-order valence-electron chi connectivity index (χ4n) is 4.06. The molecule has 2 heteroatoms. The number of rotatable bonds is 5. The molecule has 0 heterocycles. The van der Waals surface area contributed by atoms with Crippen molar-refractivity contribution in [2.24, 2.45) is 5.41 Å². The predicted octanol–water partition coefficient (Wildman–Crippen LogP) is 4.16. The average Bonchev–Trinajstić information content (AvgIpc) is 2.52. The zero-order valence-corrected chi connectivity index (χ0v) is 12.6. The van der Waals surface area contributed by atoms with Crippen molar-refractivity contribution in [2.45, 2.75) is 64.0 Å². The van der Waals surface area contributed by atoms with Crippen LogP contribution in [-0.2, 0) is 0 Å². The van der Waals surface area contributed by atoms with Gasteiger partial charge in [-0.3, -0.25) is 0 Å². The second kappa shape index (κ2) is 6.17. The van der Waals surface area contributed by atoms with E-state index in [1.807, 2.05) is 0 Å². The summed E-state index contributed by atoms with van der Waals surface area (Å²) in [6.45, 7) is 3.39. The summed E-state index contributed by atoms with van der Waals surface area (Å²) in [6.07, 6.45) is 9.64. The lowest BCUT2D eigenvalue weighted by atomic mass is 9.55. The molecule has 0 radical (unpaired) electrons. The van der Waals surface area contributed by atoms with Crippen LogP contribution >= 0.6 is 0 Å². The maximum absolute atomic E-state index is 6.31. The molecule has 20 heavy (non-hydrogen) atoms. The molecule has 2 nitrogen and oxygen atoms in total. The van der Waals surface area contributed by atoms with Gasteiger partial charge in [0.1, 0.15) is 11.9 Å². The summed E-state index contributed by atoms with van der Waals surface area (Å²) in [4.78, 5) is 0. The number of nitrogens with one attached hydrogen (secondary N) is 1. The van der Waals surface area contributed by atoms with Gasteiger partial charge in [-0.1, -0.05) is 44.4 Å². The second-order valence-corrected chi connectivity index (χ2v) is 6.46. The first-order valence-corrected chi connectivity index (χ1v) is 8.30. The number of benzene rings is 1. The molecule has 2 unspecified atom stereocenters. The van der Waals surface area contributed by atoms with Gasteiger partial charge in [-0.2, -0.15) is 0 Å². The molecule has 2 saturated carbocycles. The molecule has 2 atom stereocenters. The number of hydrogen-bond donors (Lipinski definition) is 1. The summed E-state index contributed by atoms with van der Waals surface area (Å²) in [7, 11) is 0. The van der Waals surface area contributed by atoms with Gasteiger partial charge in [0, 0.05) is 17.9 Å². The van der Waals surface area contributed by atoms with E-state index in [9.17, 15) is 0 Å². The number of hydrogen-bond acceptors (Lipinski definition) is 2. The van der Waals surface area contributed by atoms with Crippen molar-refractivity contribution in [1.29, 1.82) is 0 Å². The van der Waals surface area contributed by atoms with Gasteiger partial charge in [0.2, 0.25) is 0 Å². The second-order valence-electron chi connectivity index (χ2n) is 6.46. The molecule has 0 saturated heterocycles. The third-order valence-corrected chi connectivity index (χ3v) is 5.23. The molecule has 1 spiro atoms. The molecule has 3 rings (SSSR count). The quantitative estimate of drug-likeness (QED) is 0.870. The molecule has 2 fully saturated rings. The van der Waals surface area contributed by atoms with Crippen LogP contribution in [0.4, 0.5) is 0 Å². The van der Waals surface area contributed by atoms with Gasteiger partial charge in [-0.25, -0.2) is 0 Å². The minimum Gasteiger partial charge on any atom is -0.490 e. The van der Waals surface area contributed by atoms with Crippen molar-refractivity contribution in [2.75, 3.05) is 6.54 Å². The highest BCUT2D eigenvalue weighted by atomic mass is 16.5. The molecule has 0 aromatic heterocycles. The van der Waals surface area contributed by atoms with E-state index in [-0.39, 0.29) is 0 Å². The average molecular weight is 273 g/mol. The smallest absolute Gasteiger partial charge is 0.119 e. The molecule has 110 valence electrons. The first-order valence-electron chi connectivity index (χ1n) is 8.30. The van der Waals surface area contributed by atoms with Crippen LogP contribution in [0.2, 0.25) is 0 Å². The first kappa shape index (κ1) is 13.9. The van der Waals surface area contributed by atoms with E-state index in [1.54, 1.807) is 0 Å². The van der Waals surface area contributed by atoms with Crippen LogP contribution in [0.3, 0.4) is 0 Å². The normalized spacial score (nSPS) is 28.1. The summed E-state index contributed by atoms with van der Waals surface area (Å²) in [6, 6.07) is 11.0. The van der Waals surface area contributed by atoms with Gasteiger partial charge in [0.05, 0.1) is 0 Å². The van der Waals surface area contributed by atoms with E-state index in [2.05, 4.69) is 42.6 Å². The highest BCUT2D eigenvalue weighted by Crippen LogP contribution is 2.53. The molecule has 1 aromatic carbocycles. The van der Waals surface area contributed by atoms with Gasteiger partial charge < -0.3 is 10.1 Å². The van der Waals surface area contributed by atoms with Crippen molar-refractivity contribution in [1.82, 2.24) is 5.32 Å². The predicted molar refractivity (Wildman–Crippen MR) is 83.1 cm³/mol. The lowest BCUT2D eigenvalue weighted by Gasteiger charge is -2.57. The molecular formula is C18H27NO. The van der Waals surface area contributed by atoms with Gasteiger partial charge in [0.25, 0.3) is 0 Å². The van der Waals surface area contributed by atoms with Crippen molar-refractivity contribution in [3.05, 3.63) is 30.3 Å². The maximum atomic E-state index is 6.31. The largest absolute Gasteiger partial charge is 0.490 e. The third kappa shape index (κ3) is 2.58. The van der Waals surface area contributed by atoms with Crippen LogP contribution in [0.1, 0.15) is 51.9 Å². The Bertz CT molecular complexity index is 411. The monoisotopic (exact) mass is 273 g/mol. The topological polar surface area (TPSA) is 21.3 Å². The highest BCUT2D eigenvalue weighted by molar-refractivity contribution is 5.23. The van der Waals surface area contributed by atoms with Crippen molar-refractivity contribution < 1.29 is 4.74 Å². The van der Waals surface area contributed by atoms with E-state index < -0.39 is 0 Å². The van der Waals surface area contributed by atoms with E-state index in [0.717, 1.165) is 12.3 Å². The first-order chi connectivity index (χ1) is 9.85. The van der Waals surface area contributed by atoms with E-state index in [1.165, 1.54) is 44.9 Å². The van der Waals surface area contributed by atoms with Crippen LogP contribution in [0, 0.1) is 5.41 Å². The summed E-state index contributed by atoms with van der Waals surface area (Å²) in [5.41, 5.74) is 0.406. The minimum absolute atomic E-state index is 0.406. The molecule has 0 aliphatic heterocycles. The minimum atomic E-state index is 0.406. The zero-order chi connectivity index (χ0) is 13.8. The Balaban J connectivity index is 1.68. The SMILES string of the molecule is CCCNC1CC(Oc2ccccc2)C12CCCCC2. The Morgan fingerprint density at radius 3 is 2.60 bits per heavy atom. The third-order valence-electron chi connectivity index (χ3n) is 5.23. The molecule has 1 aromatic rings. The number of ether oxygens (including phenoxy) is 1. The zero-order valence-electron chi connectivity index (χ0n) is 12.6. The molecular weight excluding hydrogens is 246 g/mol. The fraction of sp³-hybridized carbons (Fsp3) is 0.667. The summed E-state index contributed by atoms with van der Waals surface area (Å²) in [5.74, 6) is 1.04. The van der Waals surface area contributed by atoms with E-state index >= 15 is 0 Å². The highest BCUT2D eigenvalue weighted by Gasteiger charge is 2.56. The Morgan fingerprint density at radius 1 is 1.15 bits per heavy atom. The Hall–Kier alpha value is -1.02. The molecule has 0 bridgehead atoms. The Morgan fingerprint density at radius 2 is 1.90 bits per heavy atom. The van der Waals surface area contributed by atoms with Crippen LogP contribution < -0.4 is 10.1 Å². The maximum Gasteiger partial charge on any atom is 0.119 e. The lowest BCUT2D eigenvalue weighted by molar-refractivity contribution is -0.103. The van der Waals surface area contributed by atoms with Crippen molar-refractivity contribution in [3.8, 4) is 5.75 Å². The van der Waals surface area contributed by atoms with Gasteiger partial charge in [-0.05, 0) is 37.9 Å². The number of para-hydroxylation sites is 1. The molecule has 2 aliphatic carbocycles. The summed E-state index contributed by atoms with van der Waals surface area (Å²) in [5, 5.41) is 3.77. The van der Waals surface area contributed by atoms with E-state index in [0.29, 0.717) is 17.6 Å². The Labute approximate surface area is 122 Å². The van der Waals surface area contributed by atoms with Gasteiger partial charge in [-0.15, -0.1) is 0 Å². The van der Waals surface area contributed by atoms with Crippen molar-refractivity contribution >= 4 is 0 Å². The Kier molecular flexibility index (Phi) is 4.30. The fourth-order valence-corrected chi connectivity index (χ4v) is 4.06. The van der Waals surface area contributed by atoms with Crippen LogP contribution in [0.25, 0.3) is 0 Å². The molecule has 0 amide bonds. The van der Waals surface area contributed by atoms with Crippen molar-refractivity contribution in [3.63, 3.8) is 0 Å². The lowest BCUT2D eigenvalue weighted by Crippen LogP contribution is -2.65. The van der Waals surface area contributed by atoms with E-state index in [4.69, 9.17) is 4.74 Å². The van der Waals surface area contributed by atoms with Crippen LogP contribution in [0.5, 0.6) is 5.75 Å². The summed E-state index contributed by atoms with van der Waals surface area (Å²) < 4.78 is 6.31. The van der Waals surface area contributed by atoms with Crippen LogP contribution in [-0.4, -0.2) is 18.7 Å². The molecule has 1 N–H and O–H groups in total. The summed E-state index contributed by atoms with van der Waals surface area (Å²) >= 11 is 0. The van der Waals surface area contributed by atoms with Gasteiger partial charge in [0.15, 0.2) is 0 Å².